The van der Waals surface area contributed by atoms with Gasteiger partial charge in [-0.2, -0.15) is 0 Å². The summed E-state index contributed by atoms with van der Waals surface area (Å²) in [7, 11) is 2.57. The van der Waals surface area contributed by atoms with Gasteiger partial charge in [0.25, 0.3) is 0 Å². The summed E-state index contributed by atoms with van der Waals surface area (Å²) in [5.41, 5.74) is 1.51. The third kappa shape index (κ3) is 10.3. The Bertz CT molecular complexity index is 413. The van der Waals surface area contributed by atoms with Gasteiger partial charge in [0.15, 0.2) is 0 Å². The molecule has 0 aliphatic carbocycles. The van der Waals surface area contributed by atoms with Gasteiger partial charge in [-0.15, -0.1) is 0 Å². The molecule has 1 unspecified atom stereocenters. The van der Waals surface area contributed by atoms with Crippen molar-refractivity contribution < 1.29 is 0 Å². The van der Waals surface area contributed by atoms with Crippen LogP contribution in [-0.2, 0) is 6.42 Å². The maximum absolute atomic E-state index is 2.57. The Morgan fingerprint density at radius 2 is 1.35 bits per heavy atom. The predicted octanol–water partition coefficient (Wildman–Crippen LogP) is 8.78. The zero-order valence-electron chi connectivity index (χ0n) is 17.8. The van der Waals surface area contributed by atoms with Crippen molar-refractivity contribution in [2.24, 2.45) is 0 Å². The Morgan fingerprint density at radius 3 is 1.81 bits per heavy atom. The van der Waals surface area contributed by atoms with Gasteiger partial charge in [-0.3, -0.25) is 0 Å². The zero-order chi connectivity index (χ0) is 19.1. The van der Waals surface area contributed by atoms with Crippen LogP contribution in [-0.4, -0.2) is 27.8 Å². The van der Waals surface area contributed by atoms with Crippen LogP contribution in [0.3, 0.4) is 0 Å². The second-order valence-electron chi connectivity index (χ2n) is 7.65. The summed E-state index contributed by atoms with van der Waals surface area (Å²) < 4.78 is 5.74. The van der Waals surface area contributed by atoms with E-state index < -0.39 is 17.0 Å². The van der Waals surface area contributed by atoms with Crippen LogP contribution in [0.5, 0.6) is 0 Å². The summed E-state index contributed by atoms with van der Waals surface area (Å²) in [6.45, 7) is 7.15. The molecule has 1 rings (SSSR count). The summed E-state index contributed by atoms with van der Waals surface area (Å²) in [5, 5.41) is 0. The van der Waals surface area contributed by atoms with Crippen LogP contribution in [0.1, 0.15) is 77.7 Å². The third-order valence-electron chi connectivity index (χ3n) is 5.35. The van der Waals surface area contributed by atoms with E-state index in [1.54, 1.807) is 13.3 Å². The number of benzene rings is 1. The van der Waals surface area contributed by atoms with Gasteiger partial charge in [-0.25, -0.2) is 0 Å². The molecule has 26 heavy (non-hydrogen) atoms. The number of hydrogen-bond acceptors (Lipinski definition) is 2. The number of rotatable bonds is 16. The van der Waals surface area contributed by atoms with Gasteiger partial charge in [0, 0.05) is 0 Å². The molecule has 1 aromatic rings. The van der Waals surface area contributed by atoms with Crippen molar-refractivity contribution >= 4 is 37.7 Å². The Kier molecular flexibility index (Phi) is 14.9. The van der Waals surface area contributed by atoms with Crippen molar-refractivity contribution in [3.05, 3.63) is 35.9 Å². The first-order valence-corrected chi connectivity index (χ1v) is 22.7. The summed E-state index contributed by atoms with van der Waals surface area (Å²) in [6, 6.07) is 11.1. The van der Waals surface area contributed by atoms with Crippen LogP contribution in [0.25, 0.3) is 0 Å². The van der Waals surface area contributed by atoms with Gasteiger partial charge in [-0.05, 0) is 0 Å². The Balaban J connectivity index is 2.65. The zero-order valence-corrected chi connectivity index (χ0v) is 22.3. The molecule has 0 saturated carbocycles. The van der Waals surface area contributed by atoms with Crippen LogP contribution >= 0.6 is 20.7 Å². The second-order valence-corrected chi connectivity index (χ2v) is 28.7. The van der Waals surface area contributed by atoms with E-state index in [1.807, 2.05) is 0 Å². The Labute approximate surface area is 175 Å². The van der Waals surface area contributed by atoms with Crippen LogP contribution in [0.2, 0.25) is 13.3 Å². The van der Waals surface area contributed by atoms with E-state index >= 15 is 0 Å². The van der Waals surface area contributed by atoms with E-state index in [4.69, 9.17) is 0 Å². The van der Waals surface area contributed by atoms with E-state index in [2.05, 4.69) is 78.1 Å². The van der Waals surface area contributed by atoms with E-state index in [9.17, 15) is 0 Å². The van der Waals surface area contributed by atoms with Crippen molar-refractivity contribution in [3.8, 4) is 0 Å². The van der Waals surface area contributed by atoms with Gasteiger partial charge >= 0.3 is 176 Å². The molecule has 0 saturated heterocycles. The Morgan fingerprint density at radius 1 is 0.808 bits per heavy atom. The first kappa shape index (κ1) is 24.8. The SMILES string of the molecule is CCC[CH2][Sn]([CH2]CCC)([CH2]CCC)[S]C(CCCc1ccccc1)SC. The molecule has 1 aromatic carbocycles. The van der Waals surface area contributed by atoms with Gasteiger partial charge < -0.3 is 0 Å². The van der Waals surface area contributed by atoms with Crippen molar-refractivity contribution in [2.45, 2.75) is 96.5 Å². The van der Waals surface area contributed by atoms with E-state index in [0.29, 0.717) is 0 Å². The summed E-state index contributed by atoms with van der Waals surface area (Å²) in [6.07, 6.45) is 15.0. The number of aryl methyl sites for hydroxylation is 1. The quantitative estimate of drug-likeness (QED) is 0.164. The monoisotopic (exact) mass is 502 g/mol. The molecule has 0 heterocycles. The number of thioether (sulfide) groups is 1. The molecule has 150 valence electrons. The molecule has 0 spiro atoms. The predicted molar refractivity (Wildman–Crippen MR) is 129 cm³/mol. The van der Waals surface area contributed by atoms with E-state index in [0.717, 1.165) is 4.58 Å². The van der Waals surface area contributed by atoms with E-state index in [-0.39, 0.29) is 0 Å². The fraction of sp³-hybridized carbons (Fsp3) is 0.739. The number of hydrogen-bond donors (Lipinski definition) is 0. The van der Waals surface area contributed by atoms with Crippen molar-refractivity contribution in [3.63, 3.8) is 0 Å². The first-order valence-electron chi connectivity index (χ1n) is 10.9. The molecular weight excluding hydrogens is 459 g/mol. The van der Waals surface area contributed by atoms with Gasteiger partial charge in [-0.1, -0.05) is 0 Å². The van der Waals surface area contributed by atoms with Crippen molar-refractivity contribution in [1.82, 2.24) is 0 Å². The normalized spacial score (nSPS) is 13.1. The van der Waals surface area contributed by atoms with Crippen LogP contribution in [0, 0.1) is 0 Å². The van der Waals surface area contributed by atoms with Crippen LogP contribution < -0.4 is 0 Å². The fourth-order valence-corrected chi connectivity index (χ4v) is 34.6. The molecule has 0 N–H and O–H groups in total. The molecule has 0 aliphatic rings. The molecule has 3 heteroatoms. The molecular formula is C23H42S2Sn. The number of unbranched alkanes of at least 4 members (excludes halogenated alkanes) is 3. The molecule has 0 nitrogen and oxygen atoms in total. The van der Waals surface area contributed by atoms with Crippen LogP contribution in [0.15, 0.2) is 30.3 Å². The minimum atomic E-state index is -2.05. The maximum atomic E-state index is 2.57. The average molecular weight is 501 g/mol. The molecule has 0 bridgehead atoms. The van der Waals surface area contributed by atoms with E-state index in [1.165, 1.54) is 63.4 Å². The summed E-state index contributed by atoms with van der Waals surface area (Å²) in [5.74, 6) is 0. The molecule has 0 fully saturated rings. The average Bonchev–Trinajstić information content (AvgIpc) is 2.69. The van der Waals surface area contributed by atoms with Crippen LogP contribution in [0.4, 0.5) is 0 Å². The third-order valence-corrected chi connectivity index (χ3v) is 31.1. The topological polar surface area (TPSA) is 0 Å². The standard InChI is InChI=1S/C11H16S2.3C4H9.Sn/c1-13-11(12)9-5-8-10-6-3-2-4-7-10;3*1-3-4-2;/h2-4,6-7,11-12H,5,8-9H2,1H3;3*1,3-4H2,2H3;/q;;;;+1/p-1. The van der Waals surface area contributed by atoms with Gasteiger partial charge in [0.05, 0.1) is 0 Å². The van der Waals surface area contributed by atoms with Crippen molar-refractivity contribution in [2.75, 3.05) is 6.26 Å². The molecule has 0 radical (unpaired) electrons. The van der Waals surface area contributed by atoms with Gasteiger partial charge in [0.2, 0.25) is 0 Å². The fourth-order valence-electron chi connectivity index (χ4n) is 3.67. The van der Waals surface area contributed by atoms with Gasteiger partial charge in [0.1, 0.15) is 0 Å². The Hall–Kier alpha value is 0.719. The molecule has 0 amide bonds. The van der Waals surface area contributed by atoms with Crippen molar-refractivity contribution in [1.29, 1.82) is 0 Å². The second kappa shape index (κ2) is 15.6. The summed E-state index contributed by atoms with van der Waals surface area (Å²) >= 11 is 0.0983. The molecule has 0 aliphatic heterocycles. The summed E-state index contributed by atoms with van der Waals surface area (Å²) in [4.78, 5) is 0. The molecule has 0 aromatic heterocycles. The first-order chi connectivity index (χ1) is 12.7. The molecule has 1 atom stereocenters. The minimum absolute atomic E-state index is 0.847.